The molecule has 0 aromatic rings. The molecular weight excluding hydrogens is 254 g/mol. The molecule has 2 atom stereocenters. The largest absolute Gasteiger partial charge is 0.335 e. The highest BCUT2D eigenvalue weighted by atomic mass is 16.2. The van der Waals surface area contributed by atoms with Gasteiger partial charge in [0.1, 0.15) is 0 Å². The van der Waals surface area contributed by atoms with Crippen LogP contribution in [0, 0.1) is 0 Å². The molecule has 3 N–H and O–H groups in total. The standard InChI is InChI=1S/C15H27N3O2/c1-12-7-5-6-10-18(12)11-14(19)17-15(20)16-13-8-3-2-4-9-13/h12-13H,2-11H2,1H3,(H2,16,17,19,20)/p+1/t12-/m1/s1. The van der Waals surface area contributed by atoms with Gasteiger partial charge in [-0.05, 0) is 39.0 Å². The molecule has 1 saturated heterocycles. The van der Waals surface area contributed by atoms with E-state index in [1.54, 1.807) is 0 Å². The van der Waals surface area contributed by atoms with Crippen LogP contribution in [-0.2, 0) is 4.79 Å². The van der Waals surface area contributed by atoms with Crippen LogP contribution in [0.4, 0.5) is 4.79 Å². The number of likely N-dealkylation sites (tertiary alicyclic amines) is 1. The summed E-state index contributed by atoms with van der Waals surface area (Å²) in [5, 5.41) is 5.40. The number of carbonyl (C=O) groups excluding carboxylic acids is 2. The molecule has 1 heterocycles. The number of hydrogen-bond acceptors (Lipinski definition) is 2. The summed E-state index contributed by atoms with van der Waals surface area (Å²) in [5.74, 6) is -0.151. The Bertz CT molecular complexity index is 340. The molecule has 3 amide bonds. The second-order valence-electron chi connectivity index (χ2n) is 6.34. The molecule has 1 unspecified atom stereocenters. The first kappa shape index (κ1) is 15.3. The highest BCUT2D eigenvalue weighted by Gasteiger charge is 2.25. The molecule has 0 radical (unpaired) electrons. The van der Waals surface area contributed by atoms with Gasteiger partial charge in [0.05, 0.1) is 12.6 Å². The Morgan fingerprint density at radius 1 is 1.05 bits per heavy atom. The van der Waals surface area contributed by atoms with E-state index in [4.69, 9.17) is 0 Å². The summed E-state index contributed by atoms with van der Waals surface area (Å²) in [6, 6.07) is 0.458. The molecule has 5 heteroatoms. The quantitative estimate of drug-likeness (QED) is 0.710. The van der Waals surface area contributed by atoms with Gasteiger partial charge in [-0.25, -0.2) is 4.79 Å². The van der Waals surface area contributed by atoms with Gasteiger partial charge in [0.2, 0.25) is 0 Å². The van der Waals surface area contributed by atoms with Crippen LogP contribution in [0.25, 0.3) is 0 Å². The summed E-state index contributed by atoms with van der Waals surface area (Å²) in [7, 11) is 0. The van der Waals surface area contributed by atoms with Gasteiger partial charge in [-0.2, -0.15) is 0 Å². The van der Waals surface area contributed by atoms with Crippen LogP contribution < -0.4 is 15.5 Å². The number of quaternary nitrogens is 1. The second kappa shape index (κ2) is 7.62. The fraction of sp³-hybridized carbons (Fsp3) is 0.867. The van der Waals surface area contributed by atoms with Crippen molar-refractivity contribution in [2.75, 3.05) is 13.1 Å². The van der Waals surface area contributed by atoms with E-state index in [1.165, 1.54) is 43.4 Å². The summed E-state index contributed by atoms with van der Waals surface area (Å²) >= 11 is 0. The number of piperidine rings is 1. The molecule has 0 aromatic carbocycles. The van der Waals surface area contributed by atoms with Crippen molar-refractivity contribution < 1.29 is 14.5 Å². The Labute approximate surface area is 121 Å². The predicted molar refractivity (Wildman–Crippen MR) is 77.6 cm³/mol. The number of urea groups is 1. The van der Waals surface area contributed by atoms with E-state index in [1.807, 2.05) is 0 Å². The van der Waals surface area contributed by atoms with Gasteiger partial charge in [-0.15, -0.1) is 0 Å². The van der Waals surface area contributed by atoms with E-state index < -0.39 is 0 Å². The van der Waals surface area contributed by atoms with Crippen molar-refractivity contribution in [2.45, 2.75) is 70.4 Å². The Morgan fingerprint density at radius 2 is 1.75 bits per heavy atom. The molecule has 20 heavy (non-hydrogen) atoms. The normalized spacial score (nSPS) is 27.9. The molecule has 2 rings (SSSR count). The Kier molecular flexibility index (Phi) is 5.83. The smallest absolute Gasteiger partial charge is 0.321 e. The van der Waals surface area contributed by atoms with E-state index in [-0.39, 0.29) is 18.0 Å². The lowest BCUT2D eigenvalue weighted by molar-refractivity contribution is -0.920. The van der Waals surface area contributed by atoms with Crippen molar-refractivity contribution in [1.29, 1.82) is 0 Å². The van der Waals surface area contributed by atoms with Gasteiger partial charge in [0.25, 0.3) is 5.91 Å². The van der Waals surface area contributed by atoms with Crippen molar-refractivity contribution >= 4 is 11.9 Å². The molecule has 2 fully saturated rings. The minimum absolute atomic E-state index is 0.151. The van der Waals surface area contributed by atoms with Crippen molar-refractivity contribution in [3.8, 4) is 0 Å². The number of amides is 3. The van der Waals surface area contributed by atoms with Crippen LogP contribution in [0.2, 0.25) is 0 Å². The van der Waals surface area contributed by atoms with Crippen LogP contribution in [0.5, 0.6) is 0 Å². The average molecular weight is 282 g/mol. The van der Waals surface area contributed by atoms with Crippen LogP contribution in [0.1, 0.15) is 58.3 Å². The lowest BCUT2D eigenvalue weighted by atomic mass is 9.96. The molecule has 0 spiro atoms. The summed E-state index contributed by atoms with van der Waals surface area (Å²) in [6.45, 7) is 3.64. The number of nitrogens with one attached hydrogen (secondary N) is 3. The van der Waals surface area contributed by atoms with Gasteiger partial charge in [0.15, 0.2) is 6.54 Å². The SMILES string of the molecule is C[C@@H]1CCCC[NH+]1CC(=O)NC(=O)NC1CCCCC1. The van der Waals surface area contributed by atoms with Gasteiger partial charge in [0, 0.05) is 6.04 Å². The van der Waals surface area contributed by atoms with E-state index in [0.717, 1.165) is 19.4 Å². The predicted octanol–water partition coefficient (Wildman–Crippen LogP) is 0.602. The monoisotopic (exact) mass is 282 g/mol. The first-order valence-electron chi connectivity index (χ1n) is 8.10. The fourth-order valence-electron chi connectivity index (χ4n) is 3.36. The first-order valence-corrected chi connectivity index (χ1v) is 8.10. The zero-order valence-corrected chi connectivity index (χ0v) is 12.5. The minimum Gasteiger partial charge on any atom is -0.335 e. The molecule has 5 nitrogen and oxygen atoms in total. The van der Waals surface area contributed by atoms with E-state index in [0.29, 0.717) is 12.6 Å². The van der Waals surface area contributed by atoms with Crippen LogP contribution in [-0.4, -0.2) is 37.1 Å². The van der Waals surface area contributed by atoms with E-state index in [2.05, 4.69) is 17.6 Å². The third kappa shape index (κ3) is 4.78. The maximum Gasteiger partial charge on any atom is 0.321 e. The molecule has 1 saturated carbocycles. The molecule has 1 aliphatic carbocycles. The lowest BCUT2D eigenvalue weighted by Crippen LogP contribution is -3.17. The second-order valence-corrected chi connectivity index (χ2v) is 6.34. The summed E-state index contributed by atoms with van der Waals surface area (Å²) in [5.41, 5.74) is 0. The van der Waals surface area contributed by atoms with Crippen molar-refractivity contribution in [3.63, 3.8) is 0 Å². The van der Waals surface area contributed by atoms with Crippen molar-refractivity contribution in [1.82, 2.24) is 10.6 Å². The number of imide groups is 1. The topological polar surface area (TPSA) is 62.6 Å². The number of carbonyl (C=O) groups is 2. The highest BCUT2D eigenvalue weighted by molar-refractivity contribution is 5.94. The molecule has 1 aliphatic heterocycles. The van der Waals surface area contributed by atoms with Gasteiger partial charge in [-0.3, -0.25) is 10.1 Å². The van der Waals surface area contributed by atoms with E-state index in [9.17, 15) is 9.59 Å². The van der Waals surface area contributed by atoms with Gasteiger partial charge < -0.3 is 10.2 Å². The minimum atomic E-state index is -0.314. The van der Waals surface area contributed by atoms with E-state index >= 15 is 0 Å². The Hall–Kier alpha value is -1.10. The maximum absolute atomic E-state index is 11.9. The zero-order chi connectivity index (χ0) is 14.4. The summed E-state index contributed by atoms with van der Waals surface area (Å²) < 4.78 is 0. The van der Waals surface area contributed by atoms with Crippen molar-refractivity contribution in [3.05, 3.63) is 0 Å². The molecule has 2 aliphatic rings. The third-order valence-corrected chi connectivity index (χ3v) is 4.66. The molecule has 0 bridgehead atoms. The summed E-state index contributed by atoms with van der Waals surface area (Å²) in [4.78, 5) is 25.0. The molecule has 114 valence electrons. The fourth-order valence-corrected chi connectivity index (χ4v) is 3.36. The number of rotatable bonds is 3. The molecule has 0 aromatic heterocycles. The van der Waals surface area contributed by atoms with Crippen LogP contribution in [0.15, 0.2) is 0 Å². The van der Waals surface area contributed by atoms with Gasteiger partial charge >= 0.3 is 6.03 Å². The third-order valence-electron chi connectivity index (χ3n) is 4.66. The zero-order valence-electron chi connectivity index (χ0n) is 12.5. The van der Waals surface area contributed by atoms with Gasteiger partial charge in [-0.1, -0.05) is 19.3 Å². The molecular formula is C15H28N3O2+. The van der Waals surface area contributed by atoms with Crippen LogP contribution >= 0.6 is 0 Å². The highest BCUT2D eigenvalue weighted by Crippen LogP contribution is 2.17. The van der Waals surface area contributed by atoms with Crippen LogP contribution in [0.3, 0.4) is 0 Å². The first-order chi connectivity index (χ1) is 9.65. The lowest BCUT2D eigenvalue weighted by Gasteiger charge is -2.29. The maximum atomic E-state index is 11.9. The summed E-state index contributed by atoms with van der Waals surface area (Å²) in [6.07, 6.45) is 9.30. The van der Waals surface area contributed by atoms with Crippen molar-refractivity contribution in [2.24, 2.45) is 0 Å². The Balaban J connectivity index is 1.68. The Morgan fingerprint density at radius 3 is 2.45 bits per heavy atom. The number of hydrogen-bond donors (Lipinski definition) is 3. The average Bonchev–Trinajstić information content (AvgIpc) is 2.42.